The van der Waals surface area contributed by atoms with Crippen molar-refractivity contribution >= 4 is 6.03 Å². The molecule has 0 aromatic heterocycles. The van der Waals surface area contributed by atoms with Gasteiger partial charge in [0.25, 0.3) is 0 Å². The first kappa shape index (κ1) is 17.2. The first-order valence-electron chi connectivity index (χ1n) is 9.05. The number of nitrogens with one attached hydrogen (secondary N) is 2. The monoisotopic (exact) mass is 332 g/mol. The summed E-state index contributed by atoms with van der Waals surface area (Å²) in [5.74, 6) is 0.326. The fraction of sp³-hybridized carbons (Fsp3) is 0.632. The fourth-order valence-electron chi connectivity index (χ4n) is 3.64. The van der Waals surface area contributed by atoms with Crippen molar-refractivity contribution in [3.05, 3.63) is 35.9 Å². The van der Waals surface area contributed by atoms with E-state index < -0.39 is 0 Å². The predicted molar refractivity (Wildman–Crippen MR) is 92.8 cm³/mol. The van der Waals surface area contributed by atoms with Crippen molar-refractivity contribution in [1.82, 2.24) is 10.6 Å². The molecule has 5 heteroatoms. The number of carbonyl (C=O) groups is 1. The van der Waals surface area contributed by atoms with Crippen LogP contribution in [0.15, 0.2) is 30.3 Å². The van der Waals surface area contributed by atoms with E-state index in [1.807, 2.05) is 25.1 Å². The zero-order valence-corrected chi connectivity index (χ0v) is 14.4. The van der Waals surface area contributed by atoms with Crippen molar-refractivity contribution in [2.45, 2.75) is 50.9 Å². The first-order chi connectivity index (χ1) is 11.7. The molecule has 2 N–H and O–H groups in total. The number of benzene rings is 1. The zero-order valence-electron chi connectivity index (χ0n) is 14.4. The van der Waals surface area contributed by atoms with Gasteiger partial charge < -0.3 is 20.1 Å². The van der Waals surface area contributed by atoms with Crippen molar-refractivity contribution in [1.29, 1.82) is 0 Å². The molecule has 2 fully saturated rings. The summed E-state index contributed by atoms with van der Waals surface area (Å²) in [4.78, 5) is 12.1. The van der Waals surface area contributed by atoms with Gasteiger partial charge in [-0.15, -0.1) is 0 Å². The maximum Gasteiger partial charge on any atom is 0.315 e. The predicted octanol–water partition coefficient (Wildman–Crippen LogP) is 3.02. The molecule has 0 spiro atoms. The van der Waals surface area contributed by atoms with E-state index in [0.717, 1.165) is 38.9 Å². The Labute approximate surface area is 144 Å². The summed E-state index contributed by atoms with van der Waals surface area (Å²) in [7, 11) is 0. The summed E-state index contributed by atoms with van der Waals surface area (Å²) in [6.07, 6.45) is 4.47. The normalized spacial score (nSPS) is 27.8. The van der Waals surface area contributed by atoms with Gasteiger partial charge in [-0.1, -0.05) is 30.3 Å². The van der Waals surface area contributed by atoms with Crippen molar-refractivity contribution < 1.29 is 14.3 Å². The van der Waals surface area contributed by atoms with Gasteiger partial charge in [-0.05, 0) is 38.2 Å². The molecule has 1 aromatic rings. The second-order valence-electron chi connectivity index (χ2n) is 6.88. The van der Waals surface area contributed by atoms with Gasteiger partial charge in [0.2, 0.25) is 0 Å². The second-order valence-corrected chi connectivity index (χ2v) is 6.88. The van der Waals surface area contributed by atoms with E-state index >= 15 is 0 Å². The lowest BCUT2D eigenvalue weighted by molar-refractivity contribution is 0.0906. The van der Waals surface area contributed by atoms with Crippen LogP contribution in [0, 0.1) is 5.92 Å². The molecule has 2 amide bonds. The highest BCUT2D eigenvalue weighted by Gasteiger charge is 2.29. The molecule has 2 unspecified atom stereocenters. The van der Waals surface area contributed by atoms with Crippen molar-refractivity contribution in [3.63, 3.8) is 0 Å². The topological polar surface area (TPSA) is 59.6 Å². The van der Waals surface area contributed by atoms with Gasteiger partial charge in [0.1, 0.15) is 0 Å². The number of rotatable bonds is 6. The molecular formula is C19H28N2O3. The average Bonchev–Trinajstić information content (AvgIpc) is 3.25. The molecule has 2 aliphatic rings. The van der Waals surface area contributed by atoms with Crippen LogP contribution in [-0.4, -0.2) is 37.9 Å². The number of amides is 2. The molecule has 0 bridgehead atoms. The van der Waals surface area contributed by atoms with E-state index in [4.69, 9.17) is 9.47 Å². The minimum absolute atomic E-state index is 0.0795. The Morgan fingerprint density at radius 1 is 1.21 bits per heavy atom. The lowest BCUT2D eigenvalue weighted by Crippen LogP contribution is -2.43. The van der Waals surface area contributed by atoms with Gasteiger partial charge in [0.05, 0.1) is 12.2 Å². The van der Waals surface area contributed by atoms with E-state index in [9.17, 15) is 4.79 Å². The molecule has 3 rings (SSSR count). The molecule has 5 nitrogen and oxygen atoms in total. The molecule has 1 aromatic carbocycles. The van der Waals surface area contributed by atoms with Crippen LogP contribution in [0.2, 0.25) is 0 Å². The molecule has 4 atom stereocenters. The van der Waals surface area contributed by atoms with Gasteiger partial charge in [0, 0.05) is 31.7 Å². The quantitative estimate of drug-likeness (QED) is 0.842. The van der Waals surface area contributed by atoms with Crippen LogP contribution >= 0.6 is 0 Å². The van der Waals surface area contributed by atoms with Gasteiger partial charge in [-0.2, -0.15) is 0 Å². The summed E-state index contributed by atoms with van der Waals surface area (Å²) in [5, 5.41) is 6.02. The highest BCUT2D eigenvalue weighted by atomic mass is 16.5. The summed E-state index contributed by atoms with van der Waals surface area (Å²) < 4.78 is 11.5. The zero-order chi connectivity index (χ0) is 16.8. The van der Waals surface area contributed by atoms with Crippen LogP contribution in [0.4, 0.5) is 4.79 Å². The third-order valence-electron chi connectivity index (χ3n) is 4.89. The molecule has 2 saturated heterocycles. The Kier molecular flexibility index (Phi) is 6.10. The van der Waals surface area contributed by atoms with Crippen molar-refractivity contribution in [2.24, 2.45) is 5.92 Å². The first-order valence-corrected chi connectivity index (χ1v) is 9.05. The highest BCUT2D eigenvalue weighted by Crippen LogP contribution is 2.33. The van der Waals surface area contributed by atoms with E-state index in [0.29, 0.717) is 18.6 Å². The van der Waals surface area contributed by atoms with Gasteiger partial charge >= 0.3 is 6.03 Å². The van der Waals surface area contributed by atoms with E-state index in [2.05, 4.69) is 22.8 Å². The van der Waals surface area contributed by atoms with Gasteiger partial charge in [-0.3, -0.25) is 0 Å². The number of ether oxygens (including phenoxy) is 2. The van der Waals surface area contributed by atoms with Crippen LogP contribution in [-0.2, 0) is 9.47 Å². The third kappa shape index (κ3) is 4.71. The Hall–Kier alpha value is -1.59. The fourth-order valence-corrected chi connectivity index (χ4v) is 3.64. The van der Waals surface area contributed by atoms with Gasteiger partial charge in [-0.25, -0.2) is 4.79 Å². The van der Waals surface area contributed by atoms with Crippen LogP contribution in [0.1, 0.15) is 44.3 Å². The summed E-state index contributed by atoms with van der Waals surface area (Å²) in [6, 6.07) is 10.3. The largest absolute Gasteiger partial charge is 0.378 e. The average molecular weight is 332 g/mol. The van der Waals surface area contributed by atoms with Crippen LogP contribution in [0.5, 0.6) is 0 Å². The Balaban J connectivity index is 1.42. The molecule has 0 aliphatic carbocycles. The van der Waals surface area contributed by atoms with Gasteiger partial charge in [0.15, 0.2) is 0 Å². The maximum absolute atomic E-state index is 12.1. The molecule has 0 radical (unpaired) electrons. The van der Waals surface area contributed by atoms with Crippen LogP contribution in [0.3, 0.4) is 0 Å². The smallest absolute Gasteiger partial charge is 0.315 e. The summed E-state index contributed by atoms with van der Waals surface area (Å²) in [5.41, 5.74) is 1.19. The second kappa shape index (κ2) is 8.49. The van der Waals surface area contributed by atoms with Crippen molar-refractivity contribution in [2.75, 3.05) is 19.8 Å². The number of hydrogen-bond acceptors (Lipinski definition) is 3. The minimum atomic E-state index is -0.0980. The molecule has 132 valence electrons. The standard InChI is InChI=1S/C19H28N2O3/c1-14(12-17-8-5-10-23-17)21-19(22)20-13-16-9-11-24-18(16)15-6-3-2-4-7-15/h2-4,6-7,14,16-18H,5,8-13H2,1H3,(H2,20,21,22)/t14?,16-,17?,18-/m0/s1. The summed E-state index contributed by atoms with van der Waals surface area (Å²) >= 11 is 0. The van der Waals surface area contributed by atoms with Crippen LogP contribution < -0.4 is 10.6 Å². The molecule has 24 heavy (non-hydrogen) atoms. The van der Waals surface area contributed by atoms with E-state index in [1.165, 1.54) is 5.56 Å². The number of carbonyl (C=O) groups excluding carboxylic acids is 1. The lowest BCUT2D eigenvalue weighted by atomic mass is 9.95. The van der Waals surface area contributed by atoms with Crippen LogP contribution in [0.25, 0.3) is 0 Å². The number of hydrogen-bond donors (Lipinski definition) is 2. The Morgan fingerprint density at radius 3 is 2.79 bits per heavy atom. The Morgan fingerprint density at radius 2 is 2.04 bits per heavy atom. The number of urea groups is 1. The van der Waals surface area contributed by atoms with E-state index in [1.54, 1.807) is 0 Å². The third-order valence-corrected chi connectivity index (χ3v) is 4.89. The lowest BCUT2D eigenvalue weighted by Gasteiger charge is -2.21. The maximum atomic E-state index is 12.1. The van der Waals surface area contributed by atoms with E-state index in [-0.39, 0.29) is 18.2 Å². The summed E-state index contributed by atoms with van der Waals surface area (Å²) in [6.45, 7) is 4.28. The minimum Gasteiger partial charge on any atom is -0.378 e. The highest BCUT2D eigenvalue weighted by molar-refractivity contribution is 5.74. The molecule has 0 saturated carbocycles. The Bertz CT molecular complexity index is 517. The molecule has 2 heterocycles. The molecule has 2 aliphatic heterocycles. The SMILES string of the molecule is CC(CC1CCCO1)NC(=O)NC[C@@H]1CCO[C@H]1c1ccccc1. The molecular weight excluding hydrogens is 304 g/mol. The van der Waals surface area contributed by atoms with Crippen molar-refractivity contribution in [3.8, 4) is 0 Å².